The van der Waals surface area contributed by atoms with Gasteiger partial charge in [0.2, 0.25) is 0 Å². The van der Waals surface area contributed by atoms with Gasteiger partial charge in [0.05, 0.1) is 4.92 Å². The van der Waals surface area contributed by atoms with Gasteiger partial charge in [0.1, 0.15) is 5.02 Å². The fourth-order valence-electron chi connectivity index (χ4n) is 2.79. The van der Waals surface area contributed by atoms with E-state index < -0.39 is 4.92 Å². The zero-order valence-corrected chi connectivity index (χ0v) is 12.7. The van der Waals surface area contributed by atoms with Gasteiger partial charge in [-0.05, 0) is 43.2 Å². The summed E-state index contributed by atoms with van der Waals surface area (Å²) in [6.07, 6.45) is 5.93. The largest absolute Gasteiger partial charge is 0.382 e. The van der Waals surface area contributed by atoms with Gasteiger partial charge in [0, 0.05) is 17.8 Å². The summed E-state index contributed by atoms with van der Waals surface area (Å²) in [5.41, 5.74) is 1.24. The van der Waals surface area contributed by atoms with E-state index in [-0.39, 0.29) is 10.7 Å². The second-order valence-electron chi connectivity index (χ2n) is 6.36. The number of hydrogen-bond donors (Lipinski definition) is 1. The molecule has 1 atom stereocenters. The minimum Gasteiger partial charge on any atom is -0.382 e. The standard InChI is InChI=1S/C15H21ClN2O2/c1-15(2)8-3-4-11(7-9-15)17-12-5-6-14(18(19)20)13(16)10-12/h5-6,10-11,17H,3-4,7-9H2,1-2H3. The molecule has 1 aromatic carbocycles. The van der Waals surface area contributed by atoms with E-state index in [1.165, 1.54) is 25.3 Å². The maximum atomic E-state index is 10.7. The van der Waals surface area contributed by atoms with Crippen LogP contribution in [-0.2, 0) is 0 Å². The van der Waals surface area contributed by atoms with Crippen LogP contribution in [0.5, 0.6) is 0 Å². The zero-order chi connectivity index (χ0) is 14.8. The first kappa shape index (κ1) is 15.1. The number of anilines is 1. The number of rotatable bonds is 3. The summed E-state index contributed by atoms with van der Waals surface area (Å²) in [6, 6.07) is 5.27. The lowest BCUT2D eigenvalue weighted by atomic mass is 9.85. The molecule has 1 aromatic rings. The molecule has 4 nitrogen and oxygen atoms in total. The van der Waals surface area contributed by atoms with Gasteiger partial charge in [-0.25, -0.2) is 0 Å². The van der Waals surface area contributed by atoms with Crippen LogP contribution in [-0.4, -0.2) is 11.0 Å². The molecule has 0 heterocycles. The molecule has 1 fully saturated rings. The predicted octanol–water partition coefficient (Wildman–Crippen LogP) is 5.02. The van der Waals surface area contributed by atoms with Crippen LogP contribution < -0.4 is 5.32 Å². The number of halogens is 1. The average molecular weight is 297 g/mol. The van der Waals surface area contributed by atoms with Crippen molar-refractivity contribution in [2.75, 3.05) is 5.32 Å². The van der Waals surface area contributed by atoms with Crippen LogP contribution in [0.15, 0.2) is 18.2 Å². The van der Waals surface area contributed by atoms with E-state index in [0.29, 0.717) is 11.5 Å². The molecule has 1 unspecified atom stereocenters. The van der Waals surface area contributed by atoms with Gasteiger partial charge in [-0.15, -0.1) is 0 Å². The molecule has 0 saturated heterocycles. The van der Waals surface area contributed by atoms with Crippen LogP contribution in [0.3, 0.4) is 0 Å². The Hall–Kier alpha value is -1.29. The lowest BCUT2D eigenvalue weighted by molar-refractivity contribution is -0.384. The molecule has 0 aromatic heterocycles. The summed E-state index contributed by atoms with van der Waals surface area (Å²) < 4.78 is 0. The summed E-state index contributed by atoms with van der Waals surface area (Å²) in [6.45, 7) is 4.64. The van der Waals surface area contributed by atoms with E-state index in [1.54, 1.807) is 12.1 Å². The van der Waals surface area contributed by atoms with E-state index in [2.05, 4.69) is 19.2 Å². The Morgan fingerprint density at radius 1 is 1.35 bits per heavy atom. The molecule has 1 saturated carbocycles. The molecule has 20 heavy (non-hydrogen) atoms. The fraction of sp³-hybridized carbons (Fsp3) is 0.600. The zero-order valence-electron chi connectivity index (χ0n) is 12.0. The second-order valence-corrected chi connectivity index (χ2v) is 6.77. The van der Waals surface area contributed by atoms with Gasteiger partial charge in [-0.3, -0.25) is 10.1 Å². The Morgan fingerprint density at radius 2 is 2.10 bits per heavy atom. The van der Waals surface area contributed by atoms with E-state index in [0.717, 1.165) is 18.5 Å². The van der Waals surface area contributed by atoms with Crippen LogP contribution in [0.1, 0.15) is 46.0 Å². The van der Waals surface area contributed by atoms with E-state index in [4.69, 9.17) is 11.6 Å². The summed E-state index contributed by atoms with van der Waals surface area (Å²) in [5, 5.41) is 14.4. The van der Waals surface area contributed by atoms with Gasteiger partial charge in [0.15, 0.2) is 0 Å². The van der Waals surface area contributed by atoms with Gasteiger partial charge in [-0.2, -0.15) is 0 Å². The predicted molar refractivity (Wildman–Crippen MR) is 82.4 cm³/mol. The molecule has 0 spiro atoms. The van der Waals surface area contributed by atoms with Crippen molar-refractivity contribution in [2.45, 2.75) is 52.0 Å². The van der Waals surface area contributed by atoms with E-state index >= 15 is 0 Å². The number of nitrogens with zero attached hydrogens (tertiary/aromatic N) is 1. The Kier molecular flexibility index (Phi) is 4.53. The van der Waals surface area contributed by atoms with Crippen molar-refractivity contribution in [3.8, 4) is 0 Å². The molecular formula is C15H21ClN2O2. The fourth-order valence-corrected chi connectivity index (χ4v) is 3.04. The molecule has 1 N–H and O–H groups in total. The SMILES string of the molecule is CC1(C)CCCC(Nc2ccc([N+](=O)[O-])c(Cl)c2)CC1. The van der Waals surface area contributed by atoms with E-state index in [1.807, 2.05) is 0 Å². The van der Waals surface area contributed by atoms with Crippen LogP contribution >= 0.6 is 11.6 Å². The maximum Gasteiger partial charge on any atom is 0.288 e. The van der Waals surface area contributed by atoms with Crippen molar-refractivity contribution in [3.63, 3.8) is 0 Å². The summed E-state index contributed by atoms with van der Waals surface area (Å²) in [5.74, 6) is 0. The first-order valence-electron chi connectivity index (χ1n) is 7.08. The van der Waals surface area contributed by atoms with Crippen LogP contribution in [0, 0.1) is 15.5 Å². The molecule has 2 rings (SSSR count). The summed E-state index contributed by atoms with van der Waals surface area (Å²) in [4.78, 5) is 10.3. The highest BCUT2D eigenvalue weighted by atomic mass is 35.5. The number of nitrogens with one attached hydrogen (secondary N) is 1. The molecule has 5 heteroatoms. The third-order valence-corrected chi connectivity index (χ3v) is 4.39. The van der Waals surface area contributed by atoms with Crippen LogP contribution in [0.25, 0.3) is 0 Å². The minimum absolute atomic E-state index is 0.0424. The molecular weight excluding hydrogens is 276 g/mol. The topological polar surface area (TPSA) is 55.2 Å². The quantitative estimate of drug-likeness (QED) is 0.484. The van der Waals surface area contributed by atoms with E-state index in [9.17, 15) is 10.1 Å². The molecule has 1 aliphatic carbocycles. The normalized spacial score (nSPS) is 22.1. The monoisotopic (exact) mass is 296 g/mol. The number of benzene rings is 1. The lowest BCUT2D eigenvalue weighted by Gasteiger charge is -2.22. The molecule has 110 valence electrons. The highest BCUT2D eigenvalue weighted by molar-refractivity contribution is 6.32. The van der Waals surface area contributed by atoms with Gasteiger partial charge in [-0.1, -0.05) is 31.9 Å². The van der Waals surface area contributed by atoms with Crippen molar-refractivity contribution < 1.29 is 4.92 Å². The van der Waals surface area contributed by atoms with Crippen molar-refractivity contribution in [3.05, 3.63) is 33.3 Å². The Balaban J connectivity index is 2.03. The lowest BCUT2D eigenvalue weighted by Crippen LogP contribution is -2.19. The number of hydrogen-bond acceptors (Lipinski definition) is 3. The number of nitro groups is 1. The molecule has 1 aliphatic rings. The second kappa shape index (κ2) is 6.00. The third kappa shape index (κ3) is 3.85. The highest BCUT2D eigenvalue weighted by Crippen LogP contribution is 2.35. The Bertz CT molecular complexity index is 503. The minimum atomic E-state index is -0.458. The molecule has 0 radical (unpaired) electrons. The van der Waals surface area contributed by atoms with Crippen molar-refractivity contribution in [2.24, 2.45) is 5.41 Å². The van der Waals surface area contributed by atoms with Crippen molar-refractivity contribution in [1.29, 1.82) is 0 Å². The first-order valence-corrected chi connectivity index (χ1v) is 7.46. The van der Waals surface area contributed by atoms with Crippen LogP contribution in [0.4, 0.5) is 11.4 Å². The van der Waals surface area contributed by atoms with Crippen LogP contribution in [0.2, 0.25) is 5.02 Å². The van der Waals surface area contributed by atoms with Gasteiger partial charge >= 0.3 is 0 Å². The Labute approximate surface area is 124 Å². The molecule has 0 aliphatic heterocycles. The molecule has 0 bridgehead atoms. The Morgan fingerprint density at radius 3 is 2.75 bits per heavy atom. The highest BCUT2D eigenvalue weighted by Gasteiger charge is 2.24. The average Bonchev–Trinajstić information content (AvgIpc) is 2.51. The third-order valence-electron chi connectivity index (χ3n) is 4.09. The van der Waals surface area contributed by atoms with Gasteiger partial charge in [0.25, 0.3) is 5.69 Å². The van der Waals surface area contributed by atoms with Gasteiger partial charge < -0.3 is 5.32 Å². The van der Waals surface area contributed by atoms with Crippen molar-refractivity contribution >= 4 is 23.0 Å². The molecule has 0 amide bonds. The smallest absolute Gasteiger partial charge is 0.288 e. The first-order chi connectivity index (χ1) is 9.37. The van der Waals surface area contributed by atoms with Crippen molar-refractivity contribution in [1.82, 2.24) is 0 Å². The number of nitro benzene ring substituents is 1. The summed E-state index contributed by atoms with van der Waals surface area (Å²) >= 11 is 5.94. The summed E-state index contributed by atoms with van der Waals surface area (Å²) in [7, 11) is 0. The maximum absolute atomic E-state index is 10.7.